The van der Waals surface area contributed by atoms with Crippen molar-refractivity contribution in [2.45, 2.75) is 25.3 Å². The first-order valence-corrected chi connectivity index (χ1v) is 6.40. The number of aliphatic hydroxyl groups excluding tert-OH is 1. The van der Waals surface area contributed by atoms with E-state index in [1.165, 1.54) is 4.90 Å². The normalized spacial score (nSPS) is 14.7. The zero-order valence-electron chi connectivity index (χ0n) is 10.8. The monoisotopic (exact) mass is 282 g/mol. The number of nitrogens with zero attached hydrogens (tertiary/aromatic N) is 2. The zero-order chi connectivity index (χ0) is 14.7. The van der Waals surface area contributed by atoms with Gasteiger partial charge in [0.2, 0.25) is 0 Å². The maximum atomic E-state index is 13.8. The van der Waals surface area contributed by atoms with E-state index in [1.54, 1.807) is 0 Å². The number of benzene rings is 1. The summed E-state index contributed by atoms with van der Waals surface area (Å²) in [6, 6.07) is 2.99. The van der Waals surface area contributed by atoms with E-state index in [9.17, 15) is 19.3 Å². The first kappa shape index (κ1) is 14.4. The molecule has 1 fully saturated rings. The van der Waals surface area contributed by atoms with Gasteiger partial charge in [0.15, 0.2) is 0 Å². The van der Waals surface area contributed by atoms with Crippen molar-refractivity contribution in [3.63, 3.8) is 0 Å². The highest BCUT2D eigenvalue weighted by atomic mass is 19.1. The van der Waals surface area contributed by atoms with Crippen molar-refractivity contribution >= 4 is 11.6 Å². The molecule has 2 rings (SSSR count). The zero-order valence-corrected chi connectivity index (χ0v) is 10.8. The third kappa shape index (κ3) is 2.77. The molecular formula is C13H15FN2O4. The Morgan fingerprint density at radius 3 is 2.65 bits per heavy atom. The lowest BCUT2D eigenvalue weighted by molar-refractivity contribution is -0.385. The number of nitro groups is 1. The summed E-state index contributed by atoms with van der Waals surface area (Å²) in [4.78, 5) is 23.5. The molecule has 0 atom stereocenters. The Kier molecular flexibility index (Phi) is 4.29. The van der Waals surface area contributed by atoms with Crippen molar-refractivity contribution in [1.82, 2.24) is 4.90 Å². The molecular weight excluding hydrogens is 267 g/mol. The Labute approximate surface area is 115 Å². The number of carbonyl (C=O) groups is 1. The molecule has 6 nitrogen and oxygen atoms in total. The highest BCUT2D eigenvalue weighted by molar-refractivity contribution is 5.95. The fourth-order valence-electron chi connectivity index (χ4n) is 2.20. The molecule has 0 unspecified atom stereocenters. The fraction of sp³-hybridized carbons (Fsp3) is 0.462. The molecule has 0 heterocycles. The van der Waals surface area contributed by atoms with E-state index in [1.807, 2.05) is 0 Å². The summed E-state index contributed by atoms with van der Waals surface area (Å²) >= 11 is 0. The minimum Gasteiger partial charge on any atom is -0.395 e. The van der Waals surface area contributed by atoms with Gasteiger partial charge in [0, 0.05) is 18.7 Å². The van der Waals surface area contributed by atoms with Gasteiger partial charge in [-0.15, -0.1) is 0 Å². The average Bonchev–Trinajstić information content (AvgIpc) is 2.35. The molecule has 7 heteroatoms. The summed E-state index contributed by atoms with van der Waals surface area (Å²) in [6.07, 6.45) is 2.67. The van der Waals surface area contributed by atoms with E-state index in [4.69, 9.17) is 5.11 Å². The Bertz CT molecular complexity index is 531. The summed E-state index contributed by atoms with van der Waals surface area (Å²) in [6.45, 7) is -0.0588. The Hall–Kier alpha value is -2.02. The number of nitro benzene ring substituents is 1. The van der Waals surface area contributed by atoms with E-state index < -0.39 is 22.3 Å². The van der Waals surface area contributed by atoms with E-state index in [0.29, 0.717) is 0 Å². The number of amides is 1. The molecule has 0 aliphatic heterocycles. The molecule has 0 radical (unpaired) electrons. The summed E-state index contributed by atoms with van der Waals surface area (Å²) in [7, 11) is 0. The minimum absolute atomic E-state index is 0.0178. The van der Waals surface area contributed by atoms with Gasteiger partial charge in [-0.05, 0) is 25.3 Å². The third-order valence-electron chi connectivity index (χ3n) is 3.51. The van der Waals surface area contributed by atoms with Crippen LogP contribution in [-0.4, -0.2) is 40.0 Å². The quantitative estimate of drug-likeness (QED) is 0.658. The number of halogens is 1. The second-order valence-electron chi connectivity index (χ2n) is 4.73. The highest BCUT2D eigenvalue weighted by Crippen LogP contribution is 2.27. The van der Waals surface area contributed by atoms with Crippen LogP contribution < -0.4 is 0 Å². The van der Waals surface area contributed by atoms with E-state index in [-0.39, 0.29) is 24.8 Å². The van der Waals surface area contributed by atoms with Crippen molar-refractivity contribution in [3.8, 4) is 0 Å². The van der Waals surface area contributed by atoms with Crippen molar-refractivity contribution < 1.29 is 19.2 Å². The van der Waals surface area contributed by atoms with Crippen LogP contribution in [0.15, 0.2) is 18.2 Å². The number of rotatable bonds is 5. The van der Waals surface area contributed by atoms with Crippen molar-refractivity contribution in [2.75, 3.05) is 13.2 Å². The van der Waals surface area contributed by atoms with Crippen LogP contribution in [0.5, 0.6) is 0 Å². The summed E-state index contributed by atoms with van der Waals surface area (Å²) in [5.74, 6) is -1.44. The van der Waals surface area contributed by atoms with Crippen molar-refractivity contribution in [1.29, 1.82) is 0 Å². The molecule has 1 aliphatic carbocycles. The van der Waals surface area contributed by atoms with Crippen LogP contribution in [0.4, 0.5) is 10.1 Å². The smallest absolute Gasteiger partial charge is 0.272 e. The van der Waals surface area contributed by atoms with E-state index >= 15 is 0 Å². The lowest BCUT2D eigenvalue weighted by atomic mass is 9.91. The number of hydrogen-bond donors (Lipinski definition) is 1. The maximum Gasteiger partial charge on any atom is 0.272 e. The average molecular weight is 282 g/mol. The molecule has 1 amide bonds. The number of carbonyl (C=O) groups excluding carboxylic acids is 1. The predicted molar refractivity (Wildman–Crippen MR) is 68.8 cm³/mol. The lowest BCUT2D eigenvalue weighted by Gasteiger charge is -2.37. The molecule has 0 spiro atoms. The molecule has 0 bridgehead atoms. The molecule has 1 aromatic rings. The third-order valence-corrected chi connectivity index (χ3v) is 3.51. The van der Waals surface area contributed by atoms with Crippen molar-refractivity contribution in [3.05, 3.63) is 39.7 Å². The van der Waals surface area contributed by atoms with Crippen LogP contribution in [0.25, 0.3) is 0 Å². The molecule has 1 saturated carbocycles. The molecule has 1 N–H and O–H groups in total. The first-order chi connectivity index (χ1) is 9.54. The fourth-order valence-corrected chi connectivity index (χ4v) is 2.20. The molecule has 1 aliphatic rings. The lowest BCUT2D eigenvalue weighted by Crippen LogP contribution is -2.45. The Morgan fingerprint density at radius 1 is 1.50 bits per heavy atom. The number of hydrogen-bond acceptors (Lipinski definition) is 4. The highest BCUT2D eigenvalue weighted by Gasteiger charge is 2.30. The van der Waals surface area contributed by atoms with Crippen LogP contribution in [-0.2, 0) is 0 Å². The van der Waals surface area contributed by atoms with Crippen molar-refractivity contribution in [2.24, 2.45) is 0 Å². The summed E-state index contributed by atoms with van der Waals surface area (Å²) < 4.78 is 13.8. The second kappa shape index (κ2) is 5.96. The van der Waals surface area contributed by atoms with Crippen LogP contribution in [0.3, 0.4) is 0 Å². The van der Waals surface area contributed by atoms with Gasteiger partial charge in [-0.25, -0.2) is 4.39 Å². The van der Waals surface area contributed by atoms with Gasteiger partial charge in [-0.3, -0.25) is 14.9 Å². The topological polar surface area (TPSA) is 83.7 Å². The predicted octanol–water partition coefficient (Wildman–Crippen LogP) is 1.72. The van der Waals surface area contributed by atoms with E-state index in [0.717, 1.165) is 37.5 Å². The maximum absolute atomic E-state index is 13.8. The molecule has 0 aromatic heterocycles. The number of aliphatic hydroxyl groups is 1. The minimum atomic E-state index is -0.911. The van der Waals surface area contributed by atoms with Gasteiger partial charge in [0.1, 0.15) is 5.82 Å². The van der Waals surface area contributed by atoms with Gasteiger partial charge in [-0.2, -0.15) is 0 Å². The molecule has 20 heavy (non-hydrogen) atoms. The van der Waals surface area contributed by atoms with Crippen LogP contribution >= 0.6 is 0 Å². The summed E-state index contributed by atoms with van der Waals surface area (Å²) in [5, 5.41) is 19.6. The SMILES string of the molecule is O=C(c1ccc([N+](=O)[O-])cc1F)N(CCO)C1CCC1. The standard InChI is InChI=1S/C13H15FN2O4/c14-12-8-10(16(19)20)4-5-11(12)13(18)15(6-7-17)9-2-1-3-9/h4-5,8-9,17H,1-3,6-7H2. The molecule has 0 saturated heterocycles. The Balaban J connectivity index is 2.24. The van der Waals surface area contributed by atoms with Gasteiger partial charge >= 0.3 is 0 Å². The molecule has 1 aromatic carbocycles. The second-order valence-corrected chi connectivity index (χ2v) is 4.73. The summed E-state index contributed by atoms with van der Waals surface area (Å²) in [5.41, 5.74) is -0.590. The number of non-ortho nitro benzene ring substituents is 1. The van der Waals surface area contributed by atoms with Gasteiger partial charge in [0.25, 0.3) is 11.6 Å². The van der Waals surface area contributed by atoms with Crippen LogP contribution in [0, 0.1) is 15.9 Å². The van der Waals surface area contributed by atoms with Crippen LogP contribution in [0.2, 0.25) is 0 Å². The van der Waals surface area contributed by atoms with Gasteiger partial charge in [0.05, 0.1) is 23.2 Å². The van der Waals surface area contributed by atoms with Gasteiger partial charge < -0.3 is 10.0 Å². The van der Waals surface area contributed by atoms with E-state index in [2.05, 4.69) is 0 Å². The van der Waals surface area contributed by atoms with Gasteiger partial charge in [-0.1, -0.05) is 0 Å². The largest absolute Gasteiger partial charge is 0.395 e. The molecule has 108 valence electrons. The Morgan fingerprint density at radius 2 is 2.20 bits per heavy atom. The van der Waals surface area contributed by atoms with Crippen LogP contribution in [0.1, 0.15) is 29.6 Å². The first-order valence-electron chi connectivity index (χ1n) is 6.40.